The van der Waals surface area contributed by atoms with E-state index in [1.54, 1.807) is 19.2 Å². The van der Waals surface area contributed by atoms with Gasteiger partial charge in [-0.05, 0) is 63.1 Å². The van der Waals surface area contributed by atoms with Gasteiger partial charge in [0.05, 0.1) is 11.4 Å². The predicted octanol–water partition coefficient (Wildman–Crippen LogP) is 3.58. The molecular formula is C22H41IN4O3S. The number of sulfonamides is 1. The number of nitrogens with one attached hydrogen (secondary N) is 2. The van der Waals surface area contributed by atoms with Crippen LogP contribution in [0.5, 0.6) is 0 Å². The number of hydrogen-bond acceptors (Lipinski definition) is 4. The molecule has 0 fully saturated rings. The van der Waals surface area contributed by atoms with E-state index in [2.05, 4.69) is 29.5 Å². The van der Waals surface area contributed by atoms with E-state index in [1.165, 1.54) is 4.31 Å². The number of rotatable bonds is 12. The van der Waals surface area contributed by atoms with Crippen LogP contribution in [0.25, 0.3) is 0 Å². The molecule has 0 aromatic heterocycles. The van der Waals surface area contributed by atoms with Crippen LogP contribution >= 0.6 is 24.0 Å². The summed E-state index contributed by atoms with van der Waals surface area (Å²) in [6.45, 7) is 12.1. The highest BCUT2D eigenvalue weighted by molar-refractivity contribution is 14.0. The molecular weight excluding hydrogens is 527 g/mol. The third kappa shape index (κ3) is 8.86. The molecule has 9 heteroatoms. The molecule has 0 aliphatic carbocycles. The van der Waals surface area contributed by atoms with Crippen LogP contribution in [0, 0.1) is 5.41 Å². The van der Waals surface area contributed by atoms with Gasteiger partial charge in [-0.2, -0.15) is 4.31 Å². The highest BCUT2D eigenvalue weighted by Gasteiger charge is 2.26. The normalized spacial score (nSPS) is 12.7. The SMILES string of the molecule is CCNC(=NCc1ccc(S(=O)(=O)N(C)C(C)C)cc1)NCC(CC)(CC)CCO.I. The molecule has 0 heterocycles. The van der Waals surface area contributed by atoms with Gasteiger partial charge in [-0.1, -0.05) is 26.0 Å². The fraction of sp³-hybridized carbons (Fsp3) is 0.682. The molecule has 0 radical (unpaired) electrons. The second kappa shape index (κ2) is 14.3. The van der Waals surface area contributed by atoms with E-state index in [9.17, 15) is 13.5 Å². The van der Waals surface area contributed by atoms with Gasteiger partial charge in [0.2, 0.25) is 10.0 Å². The van der Waals surface area contributed by atoms with Gasteiger partial charge in [0.1, 0.15) is 0 Å². The Hall–Kier alpha value is -0.910. The summed E-state index contributed by atoms with van der Waals surface area (Å²) in [5, 5.41) is 16.1. The number of hydrogen-bond donors (Lipinski definition) is 3. The molecule has 1 rings (SSSR count). The third-order valence-electron chi connectivity index (χ3n) is 5.86. The van der Waals surface area contributed by atoms with Gasteiger partial charge in [0.25, 0.3) is 0 Å². The molecule has 1 aromatic rings. The molecule has 3 N–H and O–H groups in total. The Morgan fingerprint density at radius 1 is 1.13 bits per heavy atom. The quantitative estimate of drug-likeness (QED) is 0.204. The topological polar surface area (TPSA) is 94.0 Å². The Kier molecular flexibility index (Phi) is 13.9. The summed E-state index contributed by atoms with van der Waals surface area (Å²) in [4.78, 5) is 4.93. The van der Waals surface area contributed by atoms with Crippen molar-refractivity contribution in [3.8, 4) is 0 Å². The van der Waals surface area contributed by atoms with Gasteiger partial charge in [-0.25, -0.2) is 13.4 Å². The molecule has 0 atom stereocenters. The maximum absolute atomic E-state index is 12.6. The number of aliphatic hydroxyl groups is 1. The fourth-order valence-corrected chi connectivity index (χ4v) is 4.54. The van der Waals surface area contributed by atoms with Crippen molar-refractivity contribution in [3.63, 3.8) is 0 Å². The number of aliphatic imine (C=N–C) groups is 1. The number of guanidine groups is 1. The van der Waals surface area contributed by atoms with Crippen molar-refractivity contribution < 1.29 is 13.5 Å². The van der Waals surface area contributed by atoms with Crippen molar-refractivity contribution >= 4 is 40.0 Å². The van der Waals surface area contributed by atoms with Crippen molar-refractivity contribution in [2.75, 3.05) is 26.7 Å². The molecule has 0 aliphatic heterocycles. The van der Waals surface area contributed by atoms with Gasteiger partial charge in [0, 0.05) is 32.8 Å². The minimum Gasteiger partial charge on any atom is -0.396 e. The van der Waals surface area contributed by atoms with E-state index in [0.29, 0.717) is 6.54 Å². The molecule has 31 heavy (non-hydrogen) atoms. The van der Waals surface area contributed by atoms with Crippen molar-refractivity contribution in [1.82, 2.24) is 14.9 Å². The Morgan fingerprint density at radius 3 is 2.16 bits per heavy atom. The van der Waals surface area contributed by atoms with Crippen molar-refractivity contribution in [1.29, 1.82) is 0 Å². The average molecular weight is 569 g/mol. The molecule has 7 nitrogen and oxygen atoms in total. The maximum atomic E-state index is 12.6. The molecule has 0 bridgehead atoms. The Balaban J connectivity index is 0.00000900. The molecule has 0 saturated carbocycles. The van der Waals surface area contributed by atoms with Crippen molar-refractivity contribution in [3.05, 3.63) is 29.8 Å². The van der Waals surface area contributed by atoms with Crippen molar-refractivity contribution in [2.45, 2.75) is 71.4 Å². The molecule has 0 saturated heterocycles. The molecule has 0 amide bonds. The summed E-state index contributed by atoms with van der Waals surface area (Å²) >= 11 is 0. The standard InChI is InChI=1S/C22H40N4O3S.HI/c1-7-22(8-2,14-15-27)17-25-21(23-9-3)24-16-19-10-12-20(13-11-19)30(28,29)26(6)18(4)5;/h10-13,18,27H,7-9,14-17H2,1-6H3,(H2,23,24,25);1H. The Morgan fingerprint density at radius 2 is 1.71 bits per heavy atom. The molecule has 0 aliphatic rings. The summed E-state index contributed by atoms with van der Waals surface area (Å²) in [5.41, 5.74) is 0.981. The average Bonchev–Trinajstić information content (AvgIpc) is 2.74. The number of nitrogens with zero attached hydrogens (tertiary/aromatic N) is 2. The molecule has 1 aromatic carbocycles. The van der Waals surface area contributed by atoms with Crippen LogP contribution in [0.15, 0.2) is 34.2 Å². The lowest BCUT2D eigenvalue weighted by molar-refractivity contribution is 0.169. The van der Waals surface area contributed by atoms with E-state index in [-0.39, 0.29) is 46.9 Å². The van der Waals surface area contributed by atoms with E-state index in [0.717, 1.165) is 43.9 Å². The first kappa shape index (κ1) is 30.1. The van der Waals surface area contributed by atoms with Crippen LogP contribution < -0.4 is 10.6 Å². The van der Waals surface area contributed by atoms with Crippen LogP contribution in [0.2, 0.25) is 0 Å². The highest BCUT2D eigenvalue weighted by Crippen LogP contribution is 2.29. The zero-order valence-corrected chi connectivity index (χ0v) is 23.0. The van der Waals surface area contributed by atoms with E-state index >= 15 is 0 Å². The minimum atomic E-state index is -3.48. The van der Waals surface area contributed by atoms with Gasteiger partial charge >= 0.3 is 0 Å². The minimum absolute atomic E-state index is 0. The molecule has 180 valence electrons. The van der Waals surface area contributed by atoms with Crippen LogP contribution in [0.4, 0.5) is 0 Å². The highest BCUT2D eigenvalue weighted by atomic mass is 127. The summed E-state index contributed by atoms with van der Waals surface area (Å²) < 4.78 is 26.5. The van der Waals surface area contributed by atoms with E-state index in [4.69, 9.17) is 0 Å². The molecule has 0 unspecified atom stereocenters. The van der Waals surface area contributed by atoms with E-state index < -0.39 is 10.0 Å². The summed E-state index contributed by atoms with van der Waals surface area (Å²) in [7, 11) is -1.89. The largest absolute Gasteiger partial charge is 0.396 e. The van der Waals surface area contributed by atoms with Gasteiger partial charge in [0.15, 0.2) is 5.96 Å². The van der Waals surface area contributed by atoms with Gasteiger partial charge in [-0.3, -0.25) is 0 Å². The summed E-state index contributed by atoms with van der Waals surface area (Å²) in [6, 6.07) is 6.79. The smallest absolute Gasteiger partial charge is 0.243 e. The first-order valence-electron chi connectivity index (χ1n) is 10.9. The van der Waals surface area contributed by atoms with Crippen molar-refractivity contribution in [2.24, 2.45) is 10.4 Å². The first-order chi connectivity index (χ1) is 14.2. The summed E-state index contributed by atoms with van der Waals surface area (Å²) in [6.07, 6.45) is 2.72. The second-order valence-corrected chi connectivity index (χ2v) is 9.99. The Labute approximate surface area is 206 Å². The van der Waals surface area contributed by atoms with Crippen LogP contribution in [0.3, 0.4) is 0 Å². The predicted molar refractivity (Wildman–Crippen MR) is 139 cm³/mol. The monoisotopic (exact) mass is 568 g/mol. The lowest BCUT2D eigenvalue weighted by Gasteiger charge is -2.32. The van der Waals surface area contributed by atoms with Crippen LogP contribution in [-0.2, 0) is 16.6 Å². The fourth-order valence-electron chi connectivity index (χ4n) is 3.17. The van der Waals surface area contributed by atoms with Gasteiger partial charge in [-0.15, -0.1) is 24.0 Å². The van der Waals surface area contributed by atoms with Gasteiger partial charge < -0.3 is 15.7 Å². The Bertz CT molecular complexity index is 763. The maximum Gasteiger partial charge on any atom is 0.243 e. The third-order valence-corrected chi connectivity index (χ3v) is 7.91. The number of benzene rings is 1. The number of aliphatic hydroxyl groups excluding tert-OH is 1. The zero-order valence-electron chi connectivity index (χ0n) is 19.8. The lowest BCUT2D eigenvalue weighted by atomic mass is 9.79. The van der Waals surface area contributed by atoms with E-state index in [1.807, 2.05) is 32.9 Å². The first-order valence-corrected chi connectivity index (χ1v) is 12.3. The molecule has 0 spiro atoms. The van der Waals surface area contributed by atoms with Crippen LogP contribution in [-0.4, -0.2) is 56.6 Å². The second-order valence-electron chi connectivity index (χ2n) is 7.99. The zero-order chi connectivity index (χ0) is 22.8. The summed E-state index contributed by atoms with van der Waals surface area (Å²) in [5.74, 6) is 0.720. The van der Waals surface area contributed by atoms with Crippen LogP contribution in [0.1, 0.15) is 59.4 Å². The number of halogens is 1. The lowest BCUT2D eigenvalue weighted by Crippen LogP contribution is -2.43.